The highest BCUT2D eigenvalue weighted by molar-refractivity contribution is 7.93. The minimum atomic E-state index is -4.30. The molecule has 6 nitrogen and oxygen atoms in total. The van der Waals surface area contributed by atoms with Crippen LogP contribution in [0.4, 0.5) is 5.69 Å². The minimum Gasteiger partial charge on any atom is -0.461 e. The normalized spacial score (nSPS) is 11.6. The lowest BCUT2D eigenvalue weighted by Crippen LogP contribution is -2.37. The number of fused-ring (bicyclic) bond motifs is 1. The van der Waals surface area contributed by atoms with Crippen LogP contribution in [-0.4, -0.2) is 20.1 Å². The molecule has 0 spiro atoms. The van der Waals surface area contributed by atoms with Crippen molar-refractivity contribution in [2.24, 2.45) is 0 Å². The monoisotopic (exact) mass is 475 g/mol. The van der Waals surface area contributed by atoms with Gasteiger partial charge in [0.1, 0.15) is 11.3 Å². The summed E-state index contributed by atoms with van der Waals surface area (Å²) in [6, 6.07) is 16.3. The van der Waals surface area contributed by atoms with Gasteiger partial charge in [-0.25, -0.2) is 8.42 Å². The molecule has 0 fully saturated rings. The Morgan fingerprint density at radius 1 is 0.824 bits per heavy atom. The number of ketones is 1. The lowest BCUT2D eigenvalue weighted by Gasteiger charge is -2.24. The van der Waals surface area contributed by atoms with Gasteiger partial charge >= 0.3 is 0 Å². The van der Waals surface area contributed by atoms with Crippen molar-refractivity contribution in [3.8, 4) is 0 Å². The van der Waals surface area contributed by atoms with Crippen molar-refractivity contribution in [2.75, 3.05) is 4.31 Å². The first-order valence-electron chi connectivity index (χ1n) is 10.8. The van der Waals surface area contributed by atoms with Crippen LogP contribution in [0.2, 0.25) is 0 Å². The molecule has 0 aliphatic heterocycles. The number of sulfonamides is 1. The Morgan fingerprint density at radius 3 is 2.12 bits per heavy atom. The number of amides is 1. The lowest BCUT2D eigenvalue weighted by atomic mass is 10.1. The first-order valence-corrected chi connectivity index (χ1v) is 12.2. The van der Waals surface area contributed by atoms with Crippen LogP contribution in [0.25, 0.3) is 11.0 Å². The number of nitrogens with zero attached hydrogens (tertiary/aromatic N) is 1. The number of rotatable bonds is 5. The lowest BCUT2D eigenvalue weighted by molar-refractivity contribution is 0.1000. The van der Waals surface area contributed by atoms with E-state index in [-0.39, 0.29) is 21.9 Å². The maximum Gasteiger partial charge on any atom is 0.272 e. The van der Waals surface area contributed by atoms with Crippen molar-refractivity contribution in [3.63, 3.8) is 0 Å². The maximum absolute atomic E-state index is 14.0. The molecule has 0 atom stereocenters. The average molecular weight is 476 g/mol. The van der Waals surface area contributed by atoms with Crippen molar-refractivity contribution < 1.29 is 22.4 Å². The summed E-state index contributed by atoms with van der Waals surface area (Å²) in [6.45, 7) is 8.55. The summed E-state index contributed by atoms with van der Waals surface area (Å²) in [7, 11) is -4.30. The molecule has 1 heterocycles. The van der Waals surface area contributed by atoms with E-state index in [1.165, 1.54) is 19.1 Å². The Labute approximate surface area is 198 Å². The highest BCUT2D eigenvalue weighted by atomic mass is 32.2. The minimum absolute atomic E-state index is 0.0511. The molecule has 0 radical (unpaired) electrons. The Bertz CT molecular complexity index is 1550. The van der Waals surface area contributed by atoms with Gasteiger partial charge in [-0.3, -0.25) is 9.59 Å². The van der Waals surface area contributed by atoms with Gasteiger partial charge in [-0.2, -0.15) is 4.31 Å². The number of aryl methyl sites for hydroxylation is 4. The molecule has 34 heavy (non-hydrogen) atoms. The van der Waals surface area contributed by atoms with E-state index in [0.29, 0.717) is 27.9 Å². The SMILES string of the molecule is CC(=O)c1c(C)oc2ccc(N(C(=O)c3ccccc3)S(=O)(=O)c3cc(C)c(C)cc3C)cc12. The van der Waals surface area contributed by atoms with Crippen LogP contribution in [0.3, 0.4) is 0 Å². The number of Topliss-reactive ketones (excluding diaryl/α,β-unsaturated/α-hetero) is 1. The second-order valence-corrected chi connectivity index (χ2v) is 10.2. The molecule has 0 unspecified atom stereocenters. The molecular weight excluding hydrogens is 450 g/mol. The number of anilines is 1. The van der Waals surface area contributed by atoms with Crippen LogP contribution in [0.5, 0.6) is 0 Å². The van der Waals surface area contributed by atoms with Crippen LogP contribution in [0, 0.1) is 27.7 Å². The van der Waals surface area contributed by atoms with E-state index in [1.807, 2.05) is 13.8 Å². The highest BCUT2D eigenvalue weighted by Gasteiger charge is 2.34. The third-order valence-electron chi connectivity index (χ3n) is 5.95. The van der Waals surface area contributed by atoms with E-state index in [0.717, 1.165) is 15.4 Å². The van der Waals surface area contributed by atoms with Crippen molar-refractivity contribution in [1.82, 2.24) is 0 Å². The van der Waals surface area contributed by atoms with Crippen molar-refractivity contribution in [1.29, 1.82) is 0 Å². The van der Waals surface area contributed by atoms with Gasteiger partial charge in [0.25, 0.3) is 15.9 Å². The number of hydrogen-bond acceptors (Lipinski definition) is 5. The smallest absolute Gasteiger partial charge is 0.272 e. The second-order valence-electron chi connectivity index (χ2n) is 8.41. The van der Waals surface area contributed by atoms with E-state index < -0.39 is 15.9 Å². The predicted molar refractivity (Wildman–Crippen MR) is 132 cm³/mol. The van der Waals surface area contributed by atoms with E-state index in [9.17, 15) is 18.0 Å². The van der Waals surface area contributed by atoms with Crippen molar-refractivity contribution in [2.45, 2.75) is 39.5 Å². The summed E-state index contributed by atoms with van der Waals surface area (Å²) in [5.74, 6) is -0.460. The van der Waals surface area contributed by atoms with E-state index in [2.05, 4.69) is 0 Å². The third kappa shape index (κ3) is 3.92. The fraction of sp³-hybridized carbons (Fsp3) is 0.185. The van der Waals surface area contributed by atoms with Gasteiger partial charge in [0.2, 0.25) is 0 Å². The molecule has 4 aromatic rings. The Balaban J connectivity index is 2.00. The van der Waals surface area contributed by atoms with Gasteiger partial charge in [-0.1, -0.05) is 24.3 Å². The molecule has 1 amide bonds. The number of furan rings is 1. The zero-order valence-corrected chi connectivity index (χ0v) is 20.5. The van der Waals surface area contributed by atoms with E-state index in [4.69, 9.17) is 4.42 Å². The molecule has 0 bridgehead atoms. The molecule has 3 aromatic carbocycles. The van der Waals surface area contributed by atoms with Crippen molar-refractivity contribution >= 4 is 38.4 Å². The summed E-state index contributed by atoms with van der Waals surface area (Å²) in [5.41, 5.74) is 3.46. The first kappa shape index (κ1) is 23.4. The summed E-state index contributed by atoms with van der Waals surface area (Å²) in [4.78, 5) is 25.9. The maximum atomic E-state index is 14.0. The van der Waals surface area contributed by atoms with Crippen LogP contribution in [0.15, 0.2) is 70.0 Å². The van der Waals surface area contributed by atoms with Crippen molar-refractivity contribution in [3.05, 3.63) is 94.2 Å². The molecule has 4 rings (SSSR count). The Kier molecular flexibility index (Phi) is 5.91. The van der Waals surface area contributed by atoms with Crippen LogP contribution < -0.4 is 4.31 Å². The molecule has 0 aliphatic rings. The molecule has 0 saturated heterocycles. The van der Waals surface area contributed by atoms with Gasteiger partial charge in [-0.05, 0) is 87.7 Å². The number of hydrogen-bond donors (Lipinski definition) is 0. The predicted octanol–water partition coefficient (Wildman–Crippen LogP) is 5.90. The van der Waals surface area contributed by atoms with Crippen LogP contribution in [-0.2, 0) is 10.0 Å². The fourth-order valence-corrected chi connectivity index (χ4v) is 5.85. The van der Waals surface area contributed by atoms with Gasteiger partial charge < -0.3 is 4.42 Å². The molecular formula is C27H25NO5S. The standard InChI is InChI=1S/C27H25NO5S/c1-16-13-18(3)25(14-17(16)2)34(31,32)28(27(30)21-9-7-6-8-10-21)22-11-12-24-23(15-22)26(19(4)29)20(5)33-24/h6-15H,1-5H3. The molecule has 0 aliphatic carbocycles. The quantitative estimate of drug-likeness (QED) is 0.335. The topological polar surface area (TPSA) is 84.7 Å². The number of carbonyl (C=O) groups is 2. The molecule has 0 N–H and O–H groups in total. The molecule has 1 aromatic heterocycles. The molecule has 7 heteroatoms. The third-order valence-corrected chi connectivity index (χ3v) is 7.80. The number of carbonyl (C=O) groups excluding carboxylic acids is 2. The summed E-state index contributed by atoms with van der Waals surface area (Å²) < 4.78 is 34.5. The summed E-state index contributed by atoms with van der Waals surface area (Å²) in [5, 5.41) is 0.459. The van der Waals surface area contributed by atoms with Gasteiger partial charge in [0.15, 0.2) is 5.78 Å². The highest BCUT2D eigenvalue weighted by Crippen LogP contribution is 2.34. The largest absolute Gasteiger partial charge is 0.461 e. The van der Waals surface area contributed by atoms with Gasteiger partial charge in [0.05, 0.1) is 16.1 Å². The Hall–Kier alpha value is -3.71. The zero-order chi connectivity index (χ0) is 24.8. The Morgan fingerprint density at radius 2 is 1.47 bits per heavy atom. The fourth-order valence-electron chi connectivity index (χ4n) is 4.15. The molecule has 0 saturated carbocycles. The zero-order valence-electron chi connectivity index (χ0n) is 19.7. The van der Waals surface area contributed by atoms with E-state index >= 15 is 0 Å². The average Bonchev–Trinajstić information content (AvgIpc) is 3.11. The summed E-state index contributed by atoms with van der Waals surface area (Å²) in [6.07, 6.45) is 0. The van der Waals surface area contributed by atoms with Crippen LogP contribution >= 0.6 is 0 Å². The van der Waals surface area contributed by atoms with Crippen LogP contribution in [0.1, 0.15) is 50.1 Å². The molecule has 174 valence electrons. The van der Waals surface area contributed by atoms with E-state index in [1.54, 1.807) is 62.4 Å². The first-order chi connectivity index (χ1) is 16.0. The summed E-state index contributed by atoms with van der Waals surface area (Å²) >= 11 is 0. The number of benzene rings is 3. The van der Waals surface area contributed by atoms with Gasteiger partial charge in [-0.15, -0.1) is 0 Å². The van der Waals surface area contributed by atoms with Gasteiger partial charge in [0, 0.05) is 10.9 Å². The second kappa shape index (κ2) is 8.57.